The van der Waals surface area contributed by atoms with Gasteiger partial charge in [0.15, 0.2) is 0 Å². The van der Waals surface area contributed by atoms with Gasteiger partial charge in [0.1, 0.15) is 16.5 Å². The van der Waals surface area contributed by atoms with Crippen LogP contribution in [0.2, 0.25) is 0 Å². The molecule has 0 amide bonds. The Hall–Kier alpha value is -1.59. The summed E-state index contributed by atoms with van der Waals surface area (Å²) in [6.07, 6.45) is 3.35. The number of hydrogen-bond donors (Lipinski definition) is 1. The first kappa shape index (κ1) is 13.8. The molecule has 0 bridgehead atoms. The molecule has 0 saturated carbocycles. The third-order valence-corrected chi connectivity index (χ3v) is 3.54. The van der Waals surface area contributed by atoms with Gasteiger partial charge in [-0.05, 0) is 30.0 Å². The van der Waals surface area contributed by atoms with Gasteiger partial charge in [-0.15, -0.1) is 11.8 Å². The van der Waals surface area contributed by atoms with Gasteiger partial charge < -0.3 is 10.5 Å². The summed E-state index contributed by atoms with van der Waals surface area (Å²) in [5.41, 5.74) is 6.61. The number of rotatable bonds is 5. The summed E-state index contributed by atoms with van der Waals surface area (Å²) >= 11 is 6.83. The molecule has 19 heavy (non-hydrogen) atoms. The summed E-state index contributed by atoms with van der Waals surface area (Å²) in [7, 11) is 0. The topological polar surface area (TPSA) is 48.1 Å². The van der Waals surface area contributed by atoms with Crippen LogP contribution in [0.4, 0.5) is 0 Å². The summed E-state index contributed by atoms with van der Waals surface area (Å²) in [5.74, 6) is 2.28. The van der Waals surface area contributed by atoms with Gasteiger partial charge in [-0.25, -0.2) is 0 Å². The standard InChI is InChI=1S/C14H14N2OS2/c1-2-19-12-7-3-6-11(13(12)14(15)18)17-10-5-4-8-16-9-10/h3-9H,2H2,1H3,(H2,15,18). The monoisotopic (exact) mass is 290 g/mol. The first-order chi connectivity index (χ1) is 9.22. The number of ether oxygens (including phenoxy) is 1. The number of pyridine rings is 1. The van der Waals surface area contributed by atoms with Crippen LogP contribution in [0.1, 0.15) is 12.5 Å². The van der Waals surface area contributed by atoms with Crippen LogP contribution in [-0.4, -0.2) is 15.7 Å². The van der Waals surface area contributed by atoms with E-state index in [9.17, 15) is 0 Å². The summed E-state index contributed by atoms with van der Waals surface area (Å²) < 4.78 is 5.81. The number of thioether (sulfide) groups is 1. The van der Waals surface area contributed by atoms with E-state index in [1.165, 1.54) is 0 Å². The van der Waals surface area contributed by atoms with Crippen molar-refractivity contribution in [2.75, 3.05) is 5.75 Å². The summed E-state index contributed by atoms with van der Waals surface area (Å²) in [4.78, 5) is 5.40. The Bertz CT molecular complexity index is 573. The highest BCUT2D eigenvalue weighted by molar-refractivity contribution is 7.99. The number of benzene rings is 1. The molecule has 0 unspecified atom stereocenters. The Morgan fingerprint density at radius 2 is 2.21 bits per heavy atom. The van der Waals surface area contributed by atoms with E-state index in [2.05, 4.69) is 11.9 Å². The maximum absolute atomic E-state index is 5.82. The van der Waals surface area contributed by atoms with Gasteiger partial charge in [-0.2, -0.15) is 0 Å². The second-order valence-corrected chi connectivity index (χ2v) is 5.46. The van der Waals surface area contributed by atoms with Gasteiger partial charge in [-0.1, -0.05) is 25.2 Å². The molecular formula is C14H14N2OS2. The average Bonchev–Trinajstić information content (AvgIpc) is 2.40. The third kappa shape index (κ3) is 3.45. The Morgan fingerprint density at radius 3 is 2.84 bits per heavy atom. The Kier molecular flexibility index (Phi) is 4.76. The van der Waals surface area contributed by atoms with Crippen LogP contribution >= 0.6 is 24.0 Å². The van der Waals surface area contributed by atoms with Crippen molar-refractivity contribution >= 4 is 29.0 Å². The zero-order valence-electron chi connectivity index (χ0n) is 10.5. The molecule has 2 aromatic rings. The molecule has 1 heterocycles. The molecule has 1 aromatic carbocycles. The van der Waals surface area contributed by atoms with Gasteiger partial charge in [-0.3, -0.25) is 4.98 Å². The molecule has 3 nitrogen and oxygen atoms in total. The second kappa shape index (κ2) is 6.54. The fourth-order valence-corrected chi connectivity index (χ4v) is 2.76. The van der Waals surface area contributed by atoms with Crippen LogP contribution in [0.25, 0.3) is 0 Å². The zero-order chi connectivity index (χ0) is 13.7. The van der Waals surface area contributed by atoms with Crippen molar-refractivity contribution in [2.45, 2.75) is 11.8 Å². The highest BCUT2D eigenvalue weighted by Crippen LogP contribution is 2.32. The fourth-order valence-electron chi connectivity index (χ4n) is 1.65. The molecule has 0 radical (unpaired) electrons. The van der Waals surface area contributed by atoms with E-state index < -0.39 is 0 Å². The Balaban J connectivity index is 2.39. The number of nitrogens with zero attached hydrogens (tertiary/aromatic N) is 1. The van der Waals surface area contributed by atoms with Crippen molar-refractivity contribution in [1.82, 2.24) is 4.98 Å². The van der Waals surface area contributed by atoms with E-state index in [4.69, 9.17) is 22.7 Å². The minimum absolute atomic E-state index is 0.343. The lowest BCUT2D eigenvalue weighted by Gasteiger charge is -2.13. The van der Waals surface area contributed by atoms with E-state index in [-0.39, 0.29) is 0 Å². The summed E-state index contributed by atoms with van der Waals surface area (Å²) in [6.45, 7) is 2.09. The molecule has 0 aliphatic carbocycles. The second-order valence-electron chi connectivity index (χ2n) is 3.72. The number of aromatic nitrogens is 1. The van der Waals surface area contributed by atoms with Crippen molar-refractivity contribution in [1.29, 1.82) is 0 Å². The zero-order valence-corrected chi connectivity index (χ0v) is 12.1. The van der Waals surface area contributed by atoms with Crippen molar-refractivity contribution in [3.63, 3.8) is 0 Å². The lowest BCUT2D eigenvalue weighted by Crippen LogP contribution is -2.12. The molecule has 0 aliphatic heterocycles. The molecule has 1 aromatic heterocycles. The van der Waals surface area contributed by atoms with Gasteiger partial charge >= 0.3 is 0 Å². The summed E-state index contributed by atoms with van der Waals surface area (Å²) in [5, 5.41) is 0. The van der Waals surface area contributed by atoms with Gasteiger partial charge in [0, 0.05) is 11.1 Å². The molecule has 0 fully saturated rings. The SMILES string of the molecule is CCSc1cccc(Oc2cccnc2)c1C(N)=S. The van der Waals surface area contributed by atoms with Crippen LogP contribution < -0.4 is 10.5 Å². The largest absolute Gasteiger partial charge is 0.455 e. The molecule has 5 heteroatoms. The maximum atomic E-state index is 5.82. The van der Waals surface area contributed by atoms with Gasteiger partial charge in [0.05, 0.1) is 11.8 Å². The number of hydrogen-bond acceptors (Lipinski definition) is 4. The normalized spacial score (nSPS) is 10.2. The molecular weight excluding hydrogens is 276 g/mol. The van der Waals surface area contributed by atoms with E-state index in [1.807, 2.05) is 30.3 Å². The van der Waals surface area contributed by atoms with Crippen LogP contribution in [0.3, 0.4) is 0 Å². The van der Waals surface area contributed by atoms with Crippen molar-refractivity contribution in [2.24, 2.45) is 5.73 Å². The third-order valence-electron chi connectivity index (χ3n) is 2.40. The predicted molar refractivity (Wildman–Crippen MR) is 83.0 cm³/mol. The van der Waals surface area contributed by atoms with Crippen molar-refractivity contribution in [3.05, 3.63) is 48.3 Å². The minimum Gasteiger partial charge on any atom is -0.455 e. The predicted octanol–water partition coefficient (Wildman–Crippen LogP) is 3.62. The van der Waals surface area contributed by atoms with Crippen molar-refractivity contribution < 1.29 is 4.74 Å². The van der Waals surface area contributed by atoms with Gasteiger partial charge in [0.2, 0.25) is 0 Å². The molecule has 2 N–H and O–H groups in total. The summed E-state index contributed by atoms with van der Waals surface area (Å²) in [6, 6.07) is 9.46. The van der Waals surface area contributed by atoms with Crippen molar-refractivity contribution in [3.8, 4) is 11.5 Å². The Labute approximate surface area is 122 Å². The van der Waals surface area contributed by atoms with Crippen LogP contribution in [0, 0.1) is 0 Å². The molecule has 0 spiro atoms. The van der Waals surface area contributed by atoms with E-state index >= 15 is 0 Å². The lowest BCUT2D eigenvalue weighted by atomic mass is 10.2. The van der Waals surface area contributed by atoms with Crippen LogP contribution in [-0.2, 0) is 0 Å². The molecule has 0 atom stereocenters. The van der Waals surface area contributed by atoms with Crippen LogP contribution in [0.5, 0.6) is 11.5 Å². The number of thiocarbonyl (C=S) groups is 1. The quantitative estimate of drug-likeness (QED) is 0.673. The first-order valence-electron chi connectivity index (χ1n) is 5.86. The number of nitrogens with two attached hydrogens (primary N) is 1. The van der Waals surface area contributed by atoms with Gasteiger partial charge in [0.25, 0.3) is 0 Å². The molecule has 2 rings (SSSR count). The fraction of sp³-hybridized carbons (Fsp3) is 0.143. The highest BCUT2D eigenvalue weighted by atomic mass is 32.2. The average molecular weight is 290 g/mol. The first-order valence-corrected chi connectivity index (χ1v) is 7.25. The Morgan fingerprint density at radius 1 is 1.37 bits per heavy atom. The van der Waals surface area contributed by atoms with E-state index in [0.29, 0.717) is 16.5 Å². The smallest absolute Gasteiger partial charge is 0.145 e. The highest BCUT2D eigenvalue weighted by Gasteiger charge is 2.13. The molecule has 0 saturated heterocycles. The maximum Gasteiger partial charge on any atom is 0.145 e. The van der Waals surface area contributed by atoms with Crippen LogP contribution in [0.15, 0.2) is 47.6 Å². The molecule has 98 valence electrons. The van der Waals surface area contributed by atoms with E-state index in [0.717, 1.165) is 16.2 Å². The minimum atomic E-state index is 0.343. The molecule has 0 aliphatic rings. The lowest BCUT2D eigenvalue weighted by molar-refractivity contribution is 0.478. The van der Waals surface area contributed by atoms with E-state index in [1.54, 1.807) is 24.2 Å².